The summed E-state index contributed by atoms with van der Waals surface area (Å²) in [5.41, 5.74) is 5.66. The van der Waals surface area contributed by atoms with E-state index in [0.29, 0.717) is 18.9 Å². The lowest BCUT2D eigenvalue weighted by Crippen LogP contribution is -2.58. The molecule has 1 atom stereocenters. The fourth-order valence-corrected chi connectivity index (χ4v) is 2.10. The number of nitrogens with two attached hydrogens (primary N) is 1. The number of hydrogen-bond acceptors (Lipinski definition) is 3. The van der Waals surface area contributed by atoms with Gasteiger partial charge >= 0.3 is 0 Å². The Hall–Kier alpha value is -0.610. The molecule has 0 aromatic heterocycles. The van der Waals surface area contributed by atoms with Crippen LogP contribution in [0.2, 0.25) is 0 Å². The summed E-state index contributed by atoms with van der Waals surface area (Å²) in [7, 11) is 2.12. The van der Waals surface area contributed by atoms with E-state index in [9.17, 15) is 4.79 Å². The summed E-state index contributed by atoms with van der Waals surface area (Å²) in [6.07, 6.45) is 1.54. The maximum atomic E-state index is 12.1. The summed E-state index contributed by atoms with van der Waals surface area (Å²) in [6.45, 7) is 9.80. The fourth-order valence-electron chi connectivity index (χ4n) is 2.10. The van der Waals surface area contributed by atoms with Crippen molar-refractivity contribution in [3.05, 3.63) is 0 Å². The highest BCUT2D eigenvalue weighted by molar-refractivity contribution is 5.76. The number of piperazine rings is 1. The van der Waals surface area contributed by atoms with Crippen LogP contribution in [0.5, 0.6) is 0 Å². The van der Waals surface area contributed by atoms with Gasteiger partial charge in [-0.2, -0.15) is 0 Å². The van der Waals surface area contributed by atoms with E-state index in [1.54, 1.807) is 0 Å². The summed E-state index contributed by atoms with van der Waals surface area (Å²) in [6, 6.07) is 0. The Morgan fingerprint density at radius 1 is 1.41 bits per heavy atom. The lowest BCUT2D eigenvalue weighted by Gasteiger charge is -2.45. The van der Waals surface area contributed by atoms with E-state index in [0.717, 1.165) is 26.1 Å². The molecule has 4 heteroatoms. The number of hydrogen-bond donors (Lipinski definition) is 1. The molecule has 1 heterocycles. The van der Waals surface area contributed by atoms with Gasteiger partial charge in [-0.15, -0.1) is 0 Å². The predicted molar refractivity (Wildman–Crippen MR) is 70.7 cm³/mol. The molecular weight excluding hydrogens is 214 g/mol. The Morgan fingerprint density at radius 3 is 2.59 bits per heavy atom. The second kappa shape index (κ2) is 5.83. The number of carbonyl (C=O) groups excluding carboxylic acids is 1. The maximum Gasteiger partial charge on any atom is 0.222 e. The average Bonchev–Trinajstić information content (AvgIpc) is 2.28. The highest BCUT2D eigenvalue weighted by Crippen LogP contribution is 2.20. The molecule has 0 aliphatic carbocycles. The van der Waals surface area contributed by atoms with Gasteiger partial charge in [-0.05, 0) is 39.8 Å². The third kappa shape index (κ3) is 3.96. The zero-order valence-electron chi connectivity index (χ0n) is 11.7. The highest BCUT2D eigenvalue weighted by Gasteiger charge is 2.32. The van der Waals surface area contributed by atoms with Crippen LogP contribution in [0.1, 0.15) is 33.6 Å². The summed E-state index contributed by atoms with van der Waals surface area (Å²) >= 11 is 0. The van der Waals surface area contributed by atoms with Crippen LogP contribution in [-0.2, 0) is 4.79 Å². The Kier molecular flexibility index (Phi) is 4.95. The topological polar surface area (TPSA) is 49.6 Å². The minimum atomic E-state index is 0.0907. The highest BCUT2D eigenvalue weighted by atomic mass is 16.2. The lowest BCUT2D eigenvalue weighted by atomic mass is 9.98. The first-order valence-electron chi connectivity index (χ1n) is 6.56. The molecule has 1 unspecified atom stereocenters. The molecule has 1 amide bonds. The van der Waals surface area contributed by atoms with Gasteiger partial charge in [0, 0.05) is 31.6 Å². The molecule has 0 bridgehead atoms. The SMILES string of the molecule is CC(CN)CCC(=O)N1CCN(C)C(C)(C)C1. The second-order valence-electron chi connectivity index (χ2n) is 5.93. The van der Waals surface area contributed by atoms with Crippen molar-refractivity contribution in [2.45, 2.75) is 39.2 Å². The molecular formula is C13H27N3O. The van der Waals surface area contributed by atoms with Gasteiger partial charge in [-0.25, -0.2) is 0 Å². The summed E-state index contributed by atoms with van der Waals surface area (Å²) < 4.78 is 0. The van der Waals surface area contributed by atoms with E-state index in [2.05, 4.69) is 32.7 Å². The largest absolute Gasteiger partial charge is 0.340 e. The van der Waals surface area contributed by atoms with Crippen LogP contribution in [0.3, 0.4) is 0 Å². The van der Waals surface area contributed by atoms with Crippen LogP contribution >= 0.6 is 0 Å². The maximum absolute atomic E-state index is 12.1. The van der Waals surface area contributed by atoms with Gasteiger partial charge < -0.3 is 10.6 Å². The van der Waals surface area contributed by atoms with Crippen molar-refractivity contribution >= 4 is 5.91 Å². The van der Waals surface area contributed by atoms with E-state index in [4.69, 9.17) is 5.73 Å². The van der Waals surface area contributed by atoms with E-state index in [1.165, 1.54) is 0 Å². The van der Waals surface area contributed by atoms with Crippen molar-refractivity contribution in [2.24, 2.45) is 11.7 Å². The molecule has 100 valence electrons. The Labute approximate surface area is 105 Å². The summed E-state index contributed by atoms with van der Waals surface area (Å²) in [5.74, 6) is 0.728. The summed E-state index contributed by atoms with van der Waals surface area (Å²) in [5, 5.41) is 0. The molecule has 4 nitrogen and oxygen atoms in total. The zero-order chi connectivity index (χ0) is 13.1. The third-order valence-corrected chi connectivity index (χ3v) is 3.92. The van der Waals surface area contributed by atoms with Crippen LogP contribution in [-0.4, -0.2) is 54.5 Å². The van der Waals surface area contributed by atoms with Gasteiger partial charge in [0.05, 0.1) is 0 Å². The third-order valence-electron chi connectivity index (χ3n) is 3.92. The molecule has 0 radical (unpaired) electrons. The van der Waals surface area contributed by atoms with E-state index < -0.39 is 0 Å². The first kappa shape index (κ1) is 14.5. The van der Waals surface area contributed by atoms with Crippen molar-refractivity contribution in [2.75, 3.05) is 33.2 Å². The van der Waals surface area contributed by atoms with E-state index >= 15 is 0 Å². The Morgan fingerprint density at radius 2 is 2.06 bits per heavy atom. The molecule has 1 fully saturated rings. The fraction of sp³-hybridized carbons (Fsp3) is 0.923. The van der Waals surface area contributed by atoms with E-state index in [-0.39, 0.29) is 11.4 Å². The van der Waals surface area contributed by atoms with Crippen LogP contribution in [0, 0.1) is 5.92 Å². The van der Waals surface area contributed by atoms with Crippen LogP contribution in [0.25, 0.3) is 0 Å². The van der Waals surface area contributed by atoms with Gasteiger partial charge in [-0.1, -0.05) is 6.92 Å². The molecule has 1 rings (SSSR count). The second-order valence-corrected chi connectivity index (χ2v) is 5.93. The molecule has 0 aromatic rings. The number of rotatable bonds is 4. The lowest BCUT2D eigenvalue weighted by molar-refractivity contribution is -0.136. The van der Waals surface area contributed by atoms with Crippen molar-refractivity contribution in [3.8, 4) is 0 Å². The van der Waals surface area contributed by atoms with Gasteiger partial charge in [0.1, 0.15) is 0 Å². The summed E-state index contributed by atoms with van der Waals surface area (Å²) in [4.78, 5) is 16.4. The predicted octanol–water partition coefficient (Wildman–Crippen LogP) is 0.914. The molecule has 1 aliphatic rings. The molecule has 17 heavy (non-hydrogen) atoms. The van der Waals surface area contributed by atoms with E-state index in [1.807, 2.05) is 4.90 Å². The molecule has 0 aromatic carbocycles. The minimum Gasteiger partial charge on any atom is -0.340 e. The van der Waals surface area contributed by atoms with Crippen molar-refractivity contribution in [1.29, 1.82) is 0 Å². The first-order valence-corrected chi connectivity index (χ1v) is 6.56. The van der Waals surface area contributed by atoms with Crippen molar-refractivity contribution in [1.82, 2.24) is 9.80 Å². The van der Waals surface area contributed by atoms with Gasteiger partial charge in [0.2, 0.25) is 5.91 Å². The monoisotopic (exact) mass is 241 g/mol. The van der Waals surface area contributed by atoms with Crippen LogP contribution in [0.4, 0.5) is 0 Å². The van der Waals surface area contributed by atoms with Crippen molar-refractivity contribution < 1.29 is 4.79 Å². The number of carbonyl (C=O) groups is 1. The van der Waals surface area contributed by atoms with Gasteiger partial charge in [0.15, 0.2) is 0 Å². The van der Waals surface area contributed by atoms with Gasteiger partial charge in [-0.3, -0.25) is 9.69 Å². The van der Waals surface area contributed by atoms with Crippen molar-refractivity contribution in [3.63, 3.8) is 0 Å². The Balaban J connectivity index is 2.43. The van der Waals surface area contributed by atoms with Gasteiger partial charge in [0.25, 0.3) is 0 Å². The molecule has 0 spiro atoms. The van der Waals surface area contributed by atoms with Crippen LogP contribution < -0.4 is 5.73 Å². The standard InChI is InChI=1S/C13H27N3O/c1-11(9-14)5-6-12(17)16-8-7-15(4)13(2,3)10-16/h11H,5-10,14H2,1-4H3. The van der Waals surface area contributed by atoms with Crippen LogP contribution in [0.15, 0.2) is 0 Å². The quantitative estimate of drug-likeness (QED) is 0.796. The molecule has 2 N–H and O–H groups in total. The molecule has 1 saturated heterocycles. The normalized spacial score (nSPS) is 22.5. The smallest absolute Gasteiger partial charge is 0.222 e. The average molecular weight is 241 g/mol. The number of amides is 1. The molecule has 0 saturated carbocycles. The zero-order valence-corrected chi connectivity index (χ0v) is 11.7. The number of nitrogens with zero attached hydrogens (tertiary/aromatic N) is 2. The minimum absolute atomic E-state index is 0.0907. The molecule has 1 aliphatic heterocycles. The first-order chi connectivity index (χ1) is 7.86. The number of likely N-dealkylation sites (N-methyl/N-ethyl adjacent to an activating group) is 1. The Bertz CT molecular complexity index is 265.